The van der Waals surface area contributed by atoms with Gasteiger partial charge in [0.1, 0.15) is 5.69 Å². The summed E-state index contributed by atoms with van der Waals surface area (Å²) < 4.78 is 49.0. The van der Waals surface area contributed by atoms with Crippen molar-refractivity contribution < 1.29 is 27.4 Å². The van der Waals surface area contributed by atoms with E-state index in [-0.39, 0.29) is 23.3 Å². The summed E-state index contributed by atoms with van der Waals surface area (Å²) in [7, 11) is 1.54. The van der Waals surface area contributed by atoms with Crippen LogP contribution >= 0.6 is 0 Å². The topological polar surface area (TPSA) is 51.7 Å². The van der Waals surface area contributed by atoms with Gasteiger partial charge >= 0.3 is 6.18 Å². The molecule has 0 saturated carbocycles. The molecule has 24 heavy (non-hydrogen) atoms. The molecule has 1 aromatic heterocycles. The van der Waals surface area contributed by atoms with Crippen LogP contribution in [0, 0.1) is 6.92 Å². The van der Waals surface area contributed by atoms with E-state index in [0.29, 0.717) is 19.7 Å². The molecule has 2 rings (SSSR count). The molecule has 8 heteroatoms. The summed E-state index contributed by atoms with van der Waals surface area (Å²) in [6, 6.07) is 2.01. The number of nitrogens with zero attached hydrogens (tertiary/aromatic N) is 2. The molecule has 1 aromatic rings. The Hall–Kier alpha value is -1.67. The summed E-state index contributed by atoms with van der Waals surface area (Å²) in [5.74, 6) is -0.355. The predicted octanol–water partition coefficient (Wildman–Crippen LogP) is 2.67. The van der Waals surface area contributed by atoms with Crippen molar-refractivity contribution in [3.8, 4) is 0 Å². The van der Waals surface area contributed by atoms with Crippen LogP contribution in [0.2, 0.25) is 0 Å². The minimum atomic E-state index is -4.53. The fraction of sp³-hybridized carbons (Fsp3) is 0.625. The van der Waals surface area contributed by atoms with Gasteiger partial charge in [0.15, 0.2) is 0 Å². The first-order valence-electron chi connectivity index (χ1n) is 7.54. The third-order valence-corrected chi connectivity index (χ3v) is 3.73. The normalized spacial score (nSPS) is 21.0. The number of rotatable bonds is 3. The second kappa shape index (κ2) is 6.68. The Morgan fingerprint density at radius 2 is 2.12 bits per heavy atom. The highest BCUT2D eigenvalue weighted by atomic mass is 19.4. The van der Waals surface area contributed by atoms with Gasteiger partial charge < -0.3 is 14.4 Å². The van der Waals surface area contributed by atoms with Crippen LogP contribution in [0.15, 0.2) is 12.1 Å². The largest absolute Gasteiger partial charge is 0.433 e. The van der Waals surface area contributed by atoms with Gasteiger partial charge in [0.05, 0.1) is 29.6 Å². The summed E-state index contributed by atoms with van der Waals surface area (Å²) in [4.78, 5) is 17.8. The van der Waals surface area contributed by atoms with E-state index in [2.05, 4.69) is 4.98 Å². The molecule has 0 aliphatic carbocycles. The van der Waals surface area contributed by atoms with Crippen molar-refractivity contribution in [1.82, 2.24) is 9.88 Å². The highest BCUT2D eigenvalue weighted by molar-refractivity contribution is 5.95. The summed E-state index contributed by atoms with van der Waals surface area (Å²) >= 11 is 0. The number of aryl methyl sites for hydroxylation is 1. The average Bonchev–Trinajstić information content (AvgIpc) is 2.44. The van der Waals surface area contributed by atoms with Gasteiger partial charge in [-0.2, -0.15) is 13.2 Å². The van der Waals surface area contributed by atoms with Crippen molar-refractivity contribution in [2.24, 2.45) is 0 Å². The first-order chi connectivity index (χ1) is 11.0. The Morgan fingerprint density at radius 1 is 1.46 bits per heavy atom. The number of halogens is 3. The lowest BCUT2D eigenvalue weighted by atomic mass is 10.0. The van der Waals surface area contributed by atoms with Crippen molar-refractivity contribution in [3.63, 3.8) is 0 Å². The monoisotopic (exact) mass is 346 g/mol. The molecule has 0 radical (unpaired) electrons. The van der Waals surface area contributed by atoms with Crippen molar-refractivity contribution >= 4 is 5.91 Å². The molecule has 1 atom stereocenters. The fourth-order valence-electron chi connectivity index (χ4n) is 2.84. The Morgan fingerprint density at radius 3 is 2.67 bits per heavy atom. The Labute approximate surface area is 138 Å². The third kappa shape index (κ3) is 4.24. The Balaban J connectivity index is 2.24. The molecule has 1 unspecified atom stereocenters. The van der Waals surface area contributed by atoms with E-state index in [1.165, 1.54) is 13.0 Å². The number of carbonyl (C=O) groups is 1. The highest BCUT2D eigenvalue weighted by Gasteiger charge is 2.37. The number of morpholine rings is 1. The summed E-state index contributed by atoms with van der Waals surface area (Å²) in [6.45, 7) is 6.10. The van der Waals surface area contributed by atoms with Crippen LogP contribution in [0.5, 0.6) is 0 Å². The van der Waals surface area contributed by atoms with Crippen molar-refractivity contribution in [2.75, 3.05) is 26.8 Å². The lowest BCUT2D eigenvalue weighted by molar-refractivity contribution is -0.143. The quantitative estimate of drug-likeness (QED) is 0.844. The number of ether oxygens (including phenoxy) is 2. The van der Waals surface area contributed by atoms with Gasteiger partial charge in [-0.25, -0.2) is 4.98 Å². The van der Waals surface area contributed by atoms with Crippen LogP contribution in [-0.2, 0) is 15.7 Å². The lowest BCUT2D eigenvalue weighted by Crippen LogP contribution is -2.55. The minimum Gasteiger partial charge on any atom is -0.382 e. The first kappa shape index (κ1) is 18.7. The minimum absolute atomic E-state index is 0.0578. The van der Waals surface area contributed by atoms with Gasteiger partial charge in [0.25, 0.3) is 5.91 Å². The molecule has 5 nitrogen and oxygen atoms in total. The van der Waals surface area contributed by atoms with E-state index in [4.69, 9.17) is 9.47 Å². The number of hydrogen-bond donors (Lipinski definition) is 0. The summed E-state index contributed by atoms with van der Waals surface area (Å²) in [5, 5.41) is 0. The standard InChI is InChI=1S/C16H21F3N2O3/c1-10-12(5-6-13(20-10)16(17,18)19)14(22)21-7-11(8-23-4)24-15(2,3)9-21/h5-6,11H,7-9H2,1-4H3. The van der Waals surface area contributed by atoms with E-state index in [0.717, 1.165) is 6.07 Å². The van der Waals surface area contributed by atoms with Crippen LogP contribution < -0.4 is 0 Å². The molecule has 1 amide bonds. The van der Waals surface area contributed by atoms with Gasteiger partial charge in [-0.15, -0.1) is 0 Å². The molecule has 0 bridgehead atoms. The number of hydrogen-bond acceptors (Lipinski definition) is 4. The number of pyridine rings is 1. The number of amides is 1. The van der Waals surface area contributed by atoms with E-state index < -0.39 is 17.5 Å². The summed E-state index contributed by atoms with van der Waals surface area (Å²) in [5.41, 5.74) is -1.35. The van der Waals surface area contributed by atoms with Crippen molar-refractivity contribution in [1.29, 1.82) is 0 Å². The Kier molecular flexibility index (Phi) is 5.19. The van der Waals surface area contributed by atoms with E-state index >= 15 is 0 Å². The Bertz CT molecular complexity index is 617. The lowest BCUT2D eigenvalue weighted by Gasteiger charge is -2.42. The fourth-order valence-corrected chi connectivity index (χ4v) is 2.84. The molecule has 134 valence electrons. The molecular weight excluding hydrogens is 325 g/mol. The molecule has 1 saturated heterocycles. The van der Waals surface area contributed by atoms with Crippen LogP contribution in [0.4, 0.5) is 13.2 Å². The van der Waals surface area contributed by atoms with Gasteiger partial charge in [0.2, 0.25) is 0 Å². The molecule has 0 aromatic carbocycles. The second-order valence-corrected chi connectivity index (χ2v) is 6.47. The first-order valence-corrected chi connectivity index (χ1v) is 7.54. The molecule has 2 heterocycles. The maximum atomic E-state index is 12.7. The molecule has 1 aliphatic rings. The van der Waals surface area contributed by atoms with Crippen LogP contribution in [-0.4, -0.2) is 54.3 Å². The molecule has 1 fully saturated rings. The van der Waals surface area contributed by atoms with Gasteiger partial charge in [0, 0.05) is 20.2 Å². The SMILES string of the molecule is COCC1CN(C(=O)c2ccc(C(F)(F)F)nc2C)CC(C)(C)O1. The highest BCUT2D eigenvalue weighted by Crippen LogP contribution is 2.29. The van der Waals surface area contributed by atoms with Crippen molar-refractivity contribution in [2.45, 2.75) is 38.7 Å². The van der Waals surface area contributed by atoms with E-state index in [9.17, 15) is 18.0 Å². The molecule has 0 N–H and O–H groups in total. The maximum Gasteiger partial charge on any atom is 0.433 e. The molecule has 1 aliphatic heterocycles. The van der Waals surface area contributed by atoms with E-state index in [1.54, 1.807) is 12.0 Å². The predicted molar refractivity (Wildman–Crippen MR) is 80.7 cm³/mol. The molecular formula is C16H21F3N2O3. The maximum absolute atomic E-state index is 12.7. The van der Waals surface area contributed by atoms with Gasteiger partial charge in [-0.3, -0.25) is 4.79 Å². The third-order valence-electron chi connectivity index (χ3n) is 3.73. The number of aromatic nitrogens is 1. The number of methoxy groups -OCH3 is 1. The average molecular weight is 346 g/mol. The zero-order valence-electron chi connectivity index (χ0n) is 14.1. The van der Waals surface area contributed by atoms with Crippen LogP contribution in [0.25, 0.3) is 0 Å². The zero-order chi connectivity index (χ0) is 18.1. The van der Waals surface area contributed by atoms with Crippen LogP contribution in [0.3, 0.4) is 0 Å². The second-order valence-electron chi connectivity index (χ2n) is 6.47. The van der Waals surface area contributed by atoms with Crippen LogP contribution in [0.1, 0.15) is 35.6 Å². The summed E-state index contributed by atoms with van der Waals surface area (Å²) in [6.07, 6.45) is -4.82. The number of alkyl halides is 3. The zero-order valence-corrected chi connectivity index (χ0v) is 14.1. The van der Waals surface area contributed by atoms with Crippen molar-refractivity contribution in [3.05, 3.63) is 29.1 Å². The molecule has 0 spiro atoms. The van der Waals surface area contributed by atoms with Gasteiger partial charge in [-0.1, -0.05) is 0 Å². The smallest absolute Gasteiger partial charge is 0.382 e. The van der Waals surface area contributed by atoms with Gasteiger partial charge in [-0.05, 0) is 32.9 Å². The van der Waals surface area contributed by atoms with E-state index in [1.807, 2.05) is 13.8 Å². The number of carbonyl (C=O) groups excluding carboxylic acids is 1.